The Morgan fingerprint density at radius 3 is 2.48 bits per heavy atom. The maximum atomic E-state index is 11.6. The Balaban J connectivity index is 1.62. The minimum absolute atomic E-state index is 0.0140. The number of ketones is 1. The standard InChI is InChI=1S/C30H27NO2/c1-20(32)19-33-29-14-8-12-25-23(16-15-22-9-4-3-5-10-22)17-24(18-27(25)29)30-21(2)31-28-13-7-6-11-26(28)30/h3-14,17-18,30H,15-16,19H2,1-2H3. The van der Waals surface area contributed by atoms with Crippen LogP contribution >= 0.6 is 0 Å². The number of benzene rings is 4. The molecule has 0 N–H and O–H groups in total. The minimum Gasteiger partial charge on any atom is -0.485 e. The average molecular weight is 434 g/mol. The molecule has 0 spiro atoms. The molecule has 164 valence electrons. The zero-order valence-electron chi connectivity index (χ0n) is 19.0. The minimum atomic E-state index is 0.0140. The normalized spacial score (nSPS) is 14.7. The summed E-state index contributed by atoms with van der Waals surface area (Å²) in [5, 5.41) is 2.23. The highest BCUT2D eigenvalue weighted by atomic mass is 16.5. The molecule has 0 amide bonds. The van der Waals surface area contributed by atoms with E-state index in [1.807, 2.05) is 18.2 Å². The van der Waals surface area contributed by atoms with Crippen molar-refractivity contribution < 1.29 is 9.53 Å². The third-order valence-electron chi connectivity index (χ3n) is 6.32. The van der Waals surface area contributed by atoms with Crippen LogP contribution in [0.2, 0.25) is 0 Å². The van der Waals surface area contributed by atoms with Crippen molar-refractivity contribution >= 4 is 28.0 Å². The molecule has 1 aliphatic rings. The lowest BCUT2D eigenvalue weighted by Crippen LogP contribution is -2.09. The summed E-state index contributed by atoms with van der Waals surface area (Å²) < 4.78 is 5.93. The Morgan fingerprint density at radius 2 is 1.67 bits per heavy atom. The Hall–Kier alpha value is -3.72. The first-order valence-electron chi connectivity index (χ1n) is 11.5. The van der Waals surface area contributed by atoms with Crippen LogP contribution < -0.4 is 4.74 Å². The summed E-state index contributed by atoms with van der Waals surface area (Å²) in [6, 6.07) is 29.7. The van der Waals surface area contributed by atoms with Gasteiger partial charge in [-0.25, -0.2) is 0 Å². The fourth-order valence-electron chi connectivity index (χ4n) is 4.80. The quantitative estimate of drug-likeness (QED) is 0.320. The number of rotatable bonds is 7. The molecule has 0 saturated carbocycles. The second-order valence-corrected chi connectivity index (χ2v) is 8.75. The van der Waals surface area contributed by atoms with Crippen LogP contribution in [0.5, 0.6) is 5.75 Å². The zero-order valence-corrected chi connectivity index (χ0v) is 19.0. The van der Waals surface area contributed by atoms with Gasteiger partial charge in [0.2, 0.25) is 0 Å². The van der Waals surface area contributed by atoms with Gasteiger partial charge < -0.3 is 4.74 Å². The van der Waals surface area contributed by atoms with Gasteiger partial charge in [0.1, 0.15) is 12.4 Å². The summed E-state index contributed by atoms with van der Waals surface area (Å²) >= 11 is 0. The van der Waals surface area contributed by atoms with Gasteiger partial charge in [0, 0.05) is 17.0 Å². The Labute approximate surface area is 194 Å². The van der Waals surface area contributed by atoms with Crippen LogP contribution in [-0.4, -0.2) is 18.1 Å². The number of para-hydroxylation sites is 1. The molecule has 0 aromatic heterocycles. The van der Waals surface area contributed by atoms with Gasteiger partial charge >= 0.3 is 0 Å². The van der Waals surface area contributed by atoms with Crippen LogP contribution in [0.3, 0.4) is 0 Å². The van der Waals surface area contributed by atoms with Crippen LogP contribution in [-0.2, 0) is 17.6 Å². The molecule has 33 heavy (non-hydrogen) atoms. The van der Waals surface area contributed by atoms with Crippen molar-refractivity contribution in [3.63, 3.8) is 0 Å². The van der Waals surface area contributed by atoms with Crippen molar-refractivity contribution in [2.45, 2.75) is 32.6 Å². The molecule has 0 radical (unpaired) electrons. The summed E-state index contributed by atoms with van der Waals surface area (Å²) in [6.07, 6.45) is 1.89. The molecule has 1 atom stereocenters. The monoisotopic (exact) mass is 433 g/mol. The smallest absolute Gasteiger partial charge is 0.167 e. The van der Waals surface area contributed by atoms with E-state index in [0.29, 0.717) is 0 Å². The van der Waals surface area contributed by atoms with E-state index in [4.69, 9.17) is 9.73 Å². The van der Waals surface area contributed by atoms with Crippen LogP contribution in [0.15, 0.2) is 89.9 Å². The molecule has 0 saturated heterocycles. The van der Waals surface area contributed by atoms with Gasteiger partial charge in [0.05, 0.1) is 5.69 Å². The van der Waals surface area contributed by atoms with Crippen LogP contribution in [0.25, 0.3) is 10.8 Å². The number of aliphatic imine (C=N–C) groups is 1. The summed E-state index contributed by atoms with van der Waals surface area (Å²) in [5.41, 5.74) is 7.22. The van der Waals surface area contributed by atoms with E-state index in [2.05, 4.69) is 73.7 Å². The van der Waals surface area contributed by atoms with Gasteiger partial charge in [0.25, 0.3) is 0 Å². The van der Waals surface area contributed by atoms with Crippen molar-refractivity contribution in [2.75, 3.05) is 6.61 Å². The predicted octanol–water partition coefficient (Wildman–Crippen LogP) is 6.83. The number of Topliss-reactive ketones (excluding diaryl/α,β-unsaturated/α-hetero) is 1. The van der Waals surface area contributed by atoms with Gasteiger partial charge in [-0.05, 0) is 72.5 Å². The molecular weight excluding hydrogens is 406 g/mol. The highest BCUT2D eigenvalue weighted by Crippen LogP contribution is 2.42. The van der Waals surface area contributed by atoms with E-state index < -0.39 is 0 Å². The molecule has 5 rings (SSSR count). The molecule has 4 aromatic rings. The summed E-state index contributed by atoms with van der Waals surface area (Å²) in [5.74, 6) is 0.897. The van der Waals surface area contributed by atoms with Gasteiger partial charge in [-0.3, -0.25) is 9.79 Å². The molecule has 3 nitrogen and oxygen atoms in total. The second kappa shape index (κ2) is 9.03. The predicted molar refractivity (Wildman–Crippen MR) is 135 cm³/mol. The number of hydrogen-bond acceptors (Lipinski definition) is 3. The van der Waals surface area contributed by atoms with E-state index in [9.17, 15) is 4.79 Å². The molecule has 1 heterocycles. The fraction of sp³-hybridized carbons (Fsp3) is 0.200. The number of aryl methyl sites for hydroxylation is 2. The van der Waals surface area contributed by atoms with Crippen molar-refractivity contribution in [3.8, 4) is 5.75 Å². The van der Waals surface area contributed by atoms with Crippen LogP contribution in [0.1, 0.15) is 42.0 Å². The maximum absolute atomic E-state index is 11.6. The van der Waals surface area contributed by atoms with E-state index in [0.717, 1.165) is 35.4 Å². The first kappa shape index (κ1) is 21.1. The second-order valence-electron chi connectivity index (χ2n) is 8.75. The number of carbonyl (C=O) groups is 1. The first-order chi connectivity index (χ1) is 16.1. The van der Waals surface area contributed by atoms with Crippen molar-refractivity contribution in [3.05, 3.63) is 107 Å². The zero-order chi connectivity index (χ0) is 22.8. The van der Waals surface area contributed by atoms with Crippen molar-refractivity contribution in [2.24, 2.45) is 4.99 Å². The lowest BCUT2D eigenvalue weighted by Gasteiger charge is -2.18. The van der Waals surface area contributed by atoms with E-state index in [-0.39, 0.29) is 18.3 Å². The number of carbonyl (C=O) groups excluding carboxylic acids is 1. The van der Waals surface area contributed by atoms with Crippen LogP contribution in [0, 0.1) is 0 Å². The Morgan fingerprint density at radius 1 is 0.879 bits per heavy atom. The number of ether oxygens (including phenoxy) is 1. The van der Waals surface area contributed by atoms with Gasteiger partial charge in [0.15, 0.2) is 5.78 Å². The fourth-order valence-corrected chi connectivity index (χ4v) is 4.80. The summed E-state index contributed by atoms with van der Waals surface area (Å²) in [7, 11) is 0. The Bertz CT molecular complexity index is 1350. The van der Waals surface area contributed by atoms with E-state index in [1.165, 1.54) is 27.6 Å². The third-order valence-corrected chi connectivity index (χ3v) is 6.32. The highest BCUT2D eigenvalue weighted by molar-refractivity contribution is 6.01. The maximum Gasteiger partial charge on any atom is 0.167 e. The number of fused-ring (bicyclic) bond motifs is 2. The largest absolute Gasteiger partial charge is 0.485 e. The molecule has 1 aliphatic heterocycles. The lowest BCUT2D eigenvalue weighted by atomic mass is 9.85. The third kappa shape index (κ3) is 4.31. The topological polar surface area (TPSA) is 38.7 Å². The molecular formula is C30H27NO2. The number of nitrogens with zero attached hydrogens (tertiary/aromatic N) is 1. The molecule has 3 heteroatoms. The van der Waals surface area contributed by atoms with Crippen LogP contribution in [0.4, 0.5) is 5.69 Å². The van der Waals surface area contributed by atoms with Gasteiger partial charge in [-0.1, -0.05) is 66.7 Å². The highest BCUT2D eigenvalue weighted by Gasteiger charge is 2.26. The SMILES string of the molecule is CC(=O)COc1cccc2c(CCc3ccccc3)cc(C3C(C)=Nc4ccccc43)cc12. The van der Waals surface area contributed by atoms with E-state index in [1.54, 1.807) is 6.92 Å². The van der Waals surface area contributed by atoms with E-state index >= 15 is 0 Å². The van der Waals surface area contributed by atoms with Gasteiger partial charge in [-0.2, -0.15) is 0 Å². The Kier molecular flexibility index (Phi) is 5.78. The summed E-state index contributed by atoms with van der Waals surface area (Å²) in [6.45, 7) is 3.74. The first-order valence-corrected chi connectivity index (χ1v) is 11.5. The molecule has 0 aliphatic carbocycles. The van der Waals surface area contributed by atoms with Crippen molar-refractivity contribution in [1.29, 1.82) is 0 Å². The molecule has 4 aromatic carbocycles. The molecule has 0 bridgehead atoms. The molecule has 1 unspecified atom stereocenters. The lowest BCUT2D eigenvalue weighted by molar-refractivity contribution is -0.118. The average Bonchev–Trinajstić information content (AvgIpc) is 3.17. The van der Waals surface area contributed by atoms with Gasteiger partial charge in [-0.15, -0.1) is 0 Å². The van der Waals surface area contributed by atoms with Crippen molar-refractivity contribution in [1.82, 2.24) is 0 Å². The number of hydrogen-bond donors (Lipinski definition) is 0. The molecule has 0 fully saturated rings. The summed E-state index contributed by atoms with van der Waals surface area (Å²) in [4.78, 5) is 16.4.